The SMILES string of the molecule is CCC(Cc1ccccc1)c1cccc2oc(=O)c(Oc3ccccc3)c(O)c12. The average Bonchev–Trinajstić information content (AvgIpc) is 2.76. The smallest absolute Gasteiger partial charge is 0.383 e. The fourth-order valence-electron chi connectivity index (χ4n) is 3.65. The van der Waals surface area contributed by atoms with Crippen molar-refractivity contribution in [3.63, 3.8) is 0 Å². The summed E-state index contributed by atoms with van der Waals surface area (Å²) in [6.07, 6.45) is 1.70. The van der Waals surface area contributed by atoms with Crippen molar-refractivity contribution in [2.24, 2.45) is 0 Å². The van der Waals surface area contributed by atoms with Crippen molar-refractivity contribution in [1.29, 1.82) is 0 Å². The van der Waals surface area contributed by atoms with E-state index in [1.165, 1.54) is 5.56 Å². The quantitative estimate of drug-likeness (QED) is 0.411. The molecule has 0 bridgehead atoms. The zero-order valence-electron chi connectivity index (χ0n) is 16.2. The first-order valence-electron chi connectivity index (χ1n) is 9.73. The summed E-state index contributed by atoms with van der Waals surface area (Å²) >= 11 is 0. The maximum absolute atomic E-state index is 12.4. The number of aromatic hydroxyl groups is 1. The number of hydrogen-bond donors (Lipinski definition) is 1. The van der Waals surface area contributed by atoms with Gasteiger partial charge in [-0.2, -0.15) is 0 Å². The van der Waals surface area contributed by atoms with Crippen LogP contribution in [0.3, 0.4) is 0 Å². The lowest BCUT2D eigenvalue weighted by Gasteiger charge is -2.19. The maximum atomic E-state index is 12.4. The molecular weight excluding hydrogens is 364 g/mol. The third-order valence-corrected chi connectivity index (χ3v) is 5.12. The van der Waals surface area contributed by atoms with Crippen LogP contribution in [0.25, 0.3) is 11.0 Å². The number of benzene rings is 3. The molecule has 0 spiro atoms. The van der Waals surface area contributed by atoms with Crippen molar-refractivity contribution in [3.8, 4) is 17.2 Å². The summed E-state index contributed by atoms with van der Waals surface area (Å²) in [7, 11) is 0. The summed E-state index contributed by atoms with van der Waals surface area (Å²) in [5.41, 5.74) is 1.81. The Morgan fingerprint density at radius 3 is 2.31 bits per heavy atom. The largest absolute Gasteiger partial charge is 0.504 e. The van der Waals surface area contributed by atoms with Crippen LogP contribution in [0.2, 0.25) is 0 Å². The van der Waals surface area contributed by atoms with Gasteiger partial charge in [-0.05, 0) is 48.1 Å². The fraction of sp³-hybridized carbons (Fsp3) is 0.160. The Bertz CT molecular complexity index is 1160. The second-order valence-electron chi connectivity index (χ2n) is 7.00. The molecule has 0 aliphatic heterocycles. The molecule has 3 aromatic carbocycles. The van der Waals surface area contributed by atoms with E-state index in [0.717, 1.165) is 18.4 Å². The molecule has 4 rings (SSSR count). The van der Waals surface area contributed by atoms with Gasteiger partial charge in [0.05, 0.1) is 5.39 Å². The molecular formula is C25H22O4. The van der Waals surface area contributed by atoms with Crippen LogP contribution >= 0.6 is 0 Å². The van der Waals surface area contributed by atoms with E-state index in [1.807, 2.05) is 36.4 Å². The van der Waals surface area contributed by atoms with Crippen molar-refractivity contribution in [3.05, 3.63) is 100 Å². The van der Waals surface area contributed by atoms with Crippen molar-refractivity contribution in [2.45, 2.75) is 25.7 Å². The first-order chi connectivity index (χ1) is 14.2. The van der Waals surface area contributed by atoms with Gasteiger partial charge in [0, 0.05) is 0 Å². The standard InChI is InChI=1S/C25H22O4/c1-2-18(16-17-10-5-3-6-11-17)20-14-9-15-21-22(20)23(26)24(25(27)29-21)28-19-12-7-4-8-13-19/h3-15,18,26H,2,16H2,1H3. The third kappa shape index (κ3) is 3.87. The van der Waals surface area contributed by atoms with Crippen LogP contribution in [0.15, 0.2) is 88.1 Å². The predicted octanol–water partition coefficient (Wildman–Crippen LogP) is 6.03. The highest BCUT2D eigenvalue weighted by Crippen LogP contribution is 2.40. The van der Waals surface area contributed by atoms with Gasteiger partial charge < -0.3 is 14.3 Å². The van der Waals surface area contributed by atoms with Gasteiger partial charge in [-0.3, -0.25) is 0 Å². The summed E-state index contributed by atoms with van der Waals surface area (Å²) in [4.78, 5) is 12.4. The minimum absolute atomic E-state index is 0.157. The van der Waals surface area contributed by atoms with E-state index in [-0.39, 0.29) is 17.4 Å². The molecule has 0 radical (unpaired) electrons. The van der Waals surface area contributed by atoms with Crippen LogP contribution in [0.4, 0.5) is 0 Å². The Kier molecular flexibility index (Phi) is 5.34. The van der Waals surface area contributed by atoms with Gasteiger partial charge in [0.15, 0.2) is 5.75 Å². The number of ether oxygens (including phenoxy) is 1. The van der Waals surface area contributed by atoms with Crippen LogP contribution in [0.5, 0.6) is 17.2 Å². The minimum Gasteiger partial charge on any atom is -0.504 e. The molecule has 146 valence electrons. The Labute approximate surface area is 169 Å². The fourth-order valence-corrected chi connectivity index (χ4v) is 3.65. The highest BCUT2D eigenvalue weighted by molar-refractivity contribution is 5.89. The van der Waals surface area contributed by atoms with Gasteiger partial charge in [0.25, 0.3) is 5.75 Å². The number of para-hydroxylation sites is 1. The second-order valence-corrected chi connectivity index (χ2v) is 7.00. The molecule has 0 saturated carbocycles. The lowest BCUT2D eigenvalue weighted by atomic mass is 9.87. The normalized spacial score (nSPS) is 12.0. The lowest BCUT2D eigenvalue weighted by molar-refractivity contribution is 0.386. The summed E-state index contributed by atoms with van der Waals surface area (Å²) in [5.74, 6) is 0.250. The van der Waals surface area contributed by atoms with E-state index < -0.39 is 5.63 Å². The highest BCUT2D eigenvalue weighted by Gasteiger charge is 2.22. The van der Waals surface area contributed by atoms with Gasteiger partial charge in [-0.15, -0.1) is 0 Å². The summed E-state index contributed by atoms with van der Waals surface area (Å²) < 4.78 is 11.2. The van der Waals surface area contributed by atoms with E-state index in [9.17, 15) is 9.90 Å². The Balaban J connectivity index is 1.82. The van der Waals surface area contributed by atoms with E-state index in [0.29, 0.717) is 16.7 Å². The summed E-state index contributed by atoms with van der Waals surface area (Å²) in [6, 6.07) is 24.6. The maximum Gasteiger partial charge on any atom is 0.383 e. The molecule has 29 heavy (non-hydrogen) atoms. The van der Waals surface area contributed by atoms with Gasteiger partial charge >= 0.3 is 5.63 Å². The first-order valence-corrected chi connectivity index (χ1v) is 9.73. The monoisotopic (exact) mass is 386 g/mol. The van der Waals surface area contributed by atoms with Gasteiger partial charge in [0.1, 0.15) is 11.3 Å². The first kappa shape index (κ1) is 18.8. The van der Waals surface area contributed by atoms with E-state index in [1.54, 1.807) is 30.3 Å². The molecule has 0 amide bonds. The van der Waals surface area contributed by atoms with E-state index in [4.69, 9.17) is 9.15 Å². The van der Waals surface area contributed by atoms with E-state index >= 15 is 0 Å². The zero-order valence-corrected chi connectivity index (χ0v) is 16.2. The topological polar surface area (TPSA) is 59.7 Å². The van der Waals surface area contributed by atoms with Crippen molar-refractivity contribution in [2.75, 3.05) is 0 Å². The molecule has 4 aromatic rings. The number of rotatable bonds is 6. The third-order valence-electron chi connectivity index (χ3n) is 5.12. The molecule has 4 heteroatoms. The second kappa shape index (κ2) is 8.23. The molecule has 0 fully saturated rings. The average molecular weight is 386 g/mol. The molecule has 1 N–H and O–H groups in total. The summed E-state index contributed by atoms with van der Waals surface area (Å²) in [6.45, 7) is 2.12. The van der Waals surface area contributed by atoms with E-state index in [2.05, 4.69) is 19.1 Å². The van der Waals surface area contributed by atoms with Gasteiger partial charge in [-0.1, -0.05) is 67.6 Å². The van der Waals surface area contributed by atoms with Crippen LogP contribution in [-0.4, -0.2) is 5.11 Å². The molecule has 1 atom stereocenters. The van der Waals surface area contributed by atoms with Crippen molar-refractivity contribution >= 4 is 11.0 Å². The Morgan fingerprint density at radius 1 is 0.931 bits per heavy atom. The Morgan fingerprint density at radius 2 is 1.62 bits per heavy atom. The molecule has 0 aliphatic rings. The van der Waals surface area contributed by atoms with Gasteiger partial charge in [0.2, 0.25) is 0 Å². The van der Waals surface area contributed by atoms with Crippen molar-refractivity contribution in [1.82, 2.24) is 0 Å². The predicted molar refractivity (Wildman–Crippen MR) is 114 cm³/mol. The molecule has 4 nitrogen and oxygen atoms in total. The van der Waals surface area contributed by atoms with Crippen molar-refractivity contribution < 1.29 is 14.3 Å². The zero-order chi connectivity index (χ0) is 20.2. The Hall–Kier alpha value is -3.53. The molecule has 1 aromatic heterocycles. The van der Waals surface area contributed by atoms with Gasteiger partial charge in [-0.25, -0.2) is 4.79 Å². The molecule has 0 saturated heterocycles. The number of fused-ring (bicyclic) bond motifs is 1. The molecule has 0 aliphatic carbocycles. The summed E-state index contributed by atoms with van der Waals surface area (Å²) in [5, 5.41) is 11.5. The van der Waals surface area contributed by atoms with Crippen LogP contribution in [-0.2, 0) is 6.42 Å². The van der Waals surface area contributed by atoms with Crippen LogP contribution in [0.1, 0.15) is 30.4 Å². The number of hydrogen-bond acceptors (Lipinski definition) is 4. The molecule has 1 heterocycles. The van der Waals surface area contributed by atoms with Crippen LogP contribution in [0, 0.1) is 0 Å². The minimum atomic E-state index is -0.702. The highest BCUT2D eigenvalue weighted by atomic mass is 16.5. The lowest BCUT2D eigenvalue weighted by Crippen LogP contribution is -2.07. The van der Waals surface area contributed by atoms with Crippen LogP contribution < -0.4 is 10.4 Å². The molecule has 1 unspecified atom stereocenters.